The number of halogens is 2. The topological polar surface area (TPSA) is 36.5 Å². The summed E-state index contributed by atoms with van der Waals surface area (Å²) in [6, 6.07) is 10.6. The lowest BCUT2D eigenvalue weighted by Crippen LogP contribution is -3.00. The van der Waals surface area contributed by atoms with Crippen LogP contribution in [0.4, 0.5) is 0 Å². The number of benzene rings is 1. The zero-order valence-corrected chi connectivity index (χ0v) is 11.6. The predicted molar refractivity (Wildman–Crippen MR) is 54.2 cm³/mol. The second kappa shape index (κ2) is 8.24. The fraction of sp³-hybridized carbons (Fsp3) is 0.400. The van der Waals surface area contributed by atoms with Crippen molar-refractivity contribution in [2.45, 2.75) is 6.54 Å². The maximum absolute atomic E-state index is 2.20. The van der Waals surface area contributed by atoms with Crippen molar-refractivity contribution in [1.82, 2.24) is 6.15 Å². The van der Waals surface area contributed by atoms with Crippen LogP contribution in [-0.4, -0.2) is 25.6 Å². The highest BCUT2D eigenvalue weighted by Crippen LogP contribution is 2.04. The maximum atomic E-state index is 2.20. The van der Waals surface area contributed by atoms with Gasteiger partial charge >= 0.3 is 0 Å². The Balaban J connectivity index is -0.000000403. The quantitative estimate of drug-likeness (QED) is 0.542. The summed E-state index contributed by atoms with van der Waals surface area (Å²) in [5, 5.41) is 0. The molecule has 4 heteroatoms. The van der Waals surface area contributed by atoms with Crippen LogP contribution >= 0.6 is 0 Å². The SMILES string of the molecule is C[N+](C)(C)Cc1ccccc1.[Br-].[Cl-].[NH4+]. The van der Waals surface area contributed by atoms with Gasteiger partial charge in [0.05, 0.1) is 21.1 Å². The Morgan fingerprint density at radius 1 is 1.00 bits per heavy atom. The van der Waals surface area contributed by atoms with Crippen molar-refractivity contribution in [2.75, 3.05) is 21.1 Å². The normalized spacial score (nSPS) is 9.07. The van der Waals surface area contributed by atoms with Crippen LogP contribution in [-0.2, 0) is 6.54 Å². The number of quaternary nitrogens is 2. The van der Waals surface area contributed by atoms with E-state index in [1.807, 2.05) is 0 Å². The van der Waals surface area contributed by atoms with Gasteiger partial charge in [0.15, 0.2) is 0 Å². The molecule has 0 aliphatic carbocycles. The molecule has 0 heterocycles. The molecular weight excluding hydrogens is 263 g/mol. The van der Waals surface area contributed by atoms with Crippen molar-refractivity contribution in [1.29, 1.82) is 0 Å². The number of rotatable bonds is 2. The fourth-order valence-electron chi connectivity index (χ4n) is 1.13. The van der Waals surface area contributed by atoms with Crippen molar-refractivity contribution >= 4 is 0 Å². The Labute approximate surface area is 104 Å². The molecule has 0 radical (unpaired) electrons. The first-order valence-electron chi connectivity index (χ1n) is 3.92. The third kappa shape index (κ3) is 8.51. The average Bonchev–Trinajstić information content (AvgIpc) is 1.85. The highest BCUT2D eigenvalue weighted by Gasteiger charge is 2.06. The lowest BCUT2D eigenvalue weighted by molar-refractivity contribution is -0.884. The molecule has 0 saturated carbocycles. The molecule has 1 aromatic rings. The summed E-state index contributed by atoms with van der Waals surface area (Å²) < 4.78 is 0.990. The molecule has 2 nitrogen and oxygen atoms in total. The van der Waals surface area contributed by atoms with Gasteiger partial charge in [0.25, 0.3) is 0 Å². The van der Waals surface area contributed by atoms with Gasteiger partial charge in [0.1, 0.15) is 6.54 Å². The van der Waals surface area contributed by atoms with E-state index in [2.05, 4.69) is 51.5 Å². The highest BCUT2D eigenvalue weighted by molar-refractivity contribution is 5.13. The van der Waals surface area contributed by atoms with E-state index in [0.717, 1.165) is 11.0 Å². The van der Waals surface area contributed by atoms with E-state index in [0.29, 0.717) is 0 Å². The lowest BCUT2D eigenvalue weighted by Gasteiger charge is -2.23. The first kappa shape index (κ1) is 19.5. The van der Waals surface area contributed by atoms with Gasteiger partial charge in [-0.25, -0.2) is 0 Å². The van der Waals surface area contributed by atoms with Gasteiger partial charge in [0, 0.05) is 5.56 Å². The highest BCUT2D eigenvalue weighted by atomic mass is 79.9. The molecular formula is C10H20BrClN2. The molecule has 0 amide bonds. The molecule has 84 valence electrons. The summed E-state index contributed by atoms with van der Waals surface area (Å²) in [5.74, 6) is 0. The van der Waals surface area contributed by atoms with Crippen LogP contribution in [0.1, 0.15) is 5.56 Å². The van der Waals surface area contributed by atoms with Crippen molar-refractivity contribution < 1.29 is 33.9 Å². The maximum Gasteiger partial charge on any atom is 0.104 e. The van der Waals surface area contributed by atoms with Crippen molar-refractivity contribution in [3.63, 3.8) is 0 Å². The third-order valence-electron chi connectivity index (χ3n) is 1.50. The standard InChI is InChI=1S/C10H16N.BrH.ClH.H3N/c1-11(2,3)9-10-7-5-4-6-8-10;;;/h4-8H,9H2,1-3H3;2*1H;1H3/q+1;;;/p-1. The van der Waals surface area contributed by atoms with Crippen LogP contribution in [0.3, 0.4) is 0 Å². The van der Waals surface area contributed by atoms with Gasteiger partial charge in [-0.05, 0) is 0 Å². The van der Waals surface area contributed by atoms with Gasteiger partial charge in [-0.15, -0.1) is 0 Å². The Kier molecular flexibility index (Phi) is 11.5. The Morgan fingerprint density at radius 3 is 1.79 bits per heavy atom. The largest absolute Gasteiger partial charge is 1.00 e. The summed E-state index contributed by atoms with van der Waals surface area (Å²) >= 11 is 0. The molecule has 0 bridgehead atoms. The summed E-state index contributed by atoms with van der Waals surface area (Å²) in [6.45, 7) is 1.10. The van der Waals surface area contributed by atoms with Gasteiger partial charge < -0.3 is 40.0 Å². The van der Waals surface area contributed by atoms with Crippen molar-refractivity contribution in [2.24, 2.45) is 0 Å². The van der Waals surface area contributed by atoms with Gasteiger partial charge in [-0.3, -0.25) is 0 Å². The molecule has 0 saturated heterocycles. The smallest absolute Gasteiger partial charge is 0.104 e. The van der Waals surface area contributed by atoms with Crippen LogP contribution in [0.25, 0.3) is 0 Å². The van der Waals surface area contributed by atoms with Crippen molar-refractivity contribution in [3.8, 4) is 0 Å². The molecule has 1 rings (SSSR count). The lowest BCUT2D eigenvalue weighted by atomic mass is 10.2. The molecule has 0 aliphatic heterocycles. The zero-order valence-electron chi connectivity index (χ0n) is 9.30. The molecule has 1 aromatic carbocycles. The molecule has 0 spiro atoms. The predicted octanol–water partition coefficient (Wildman–Crippen LogP) is -3.72. The Bertz CT molecular complexity index is 221. The van der Waals surface area contributed by atoms with E-state index in [4.69, 9.17) is 0 Å². The first-order chi connectivity index (χ1) is 5.08. The summed E-state index contributed by atoms with van der Waals surface area (Å²) in [7, 11) is 6.60. The molecule has 0 fully saturated rings. The van der Waals surface area contributed by atoms with Gasteiger partial charge in [-0.1, -0.05) is 30.3 Å². The molecule has 4 N–H and O–H groups in total. The van der Waals surface area contributed by atoms with E-state index in [9.17, 15) is 0 Å². The summed E-state index contributed by atoms with van der Waals surface area (Å²) in [4.78, 5) is 0. The summed E-state index contributed by atoms with van der Waals surface area (Å²) in [5.41, 5.74) is 1.40. The second-order valence-electron chi connectivity index (χ2n) is 3.93. The van der Waals surface area contributed by atoms with E-state index in [1.54, 1.807) is 0 Å². The minimum Gasteiger partial charge on any atom is -1.00 e. The second-order valence-corrected chi connectivity index (χ2v) is 3.93. The molecule has 0 unspecified atom stereocenters. The van der Waals surface area contributed by atoms with Crippen LogP contribution in [0.15, 0.2) is 30.3 Å². The average molecular weight is 284 g/mol. The van der Waals surface area contributed by atoms with Crippen LogP contribution in [0, 0.1) is 0 Å². The van der Waals surface area contributed by atoms with Crippen molar-refractivity contribution in [3.05, 3.63) is 35.9 Å². The van der Waals surface area contributed by atoms with E-state index >= 15 is 0 Å². The Hall–Kier alpha value is -0.0900. The fourth-order valence-corrected chi connectivity index (χ4v) is 1.13. The minimum absolute atomic E-state index is 0. The van der Waals surface area contributed by atoms with Crippen LogP contribution in [0.5, 0.6) is 0 Å². The van der Waals surface area contributed by atoms with E-state index < -0.39 is 0 Å². The Morgan fingerprint density at radius 2 is 1.43 bits per heavy atom. The number of hydrogen-bond donors (Lipinski definition) is 1. The zero-order chi connectivity index (χ0) is 8.32. The van der Waals surface area contributed by atoms with E-state index in [-0.39, 0.29) is 35.5 Å². The van der Waals surface area contributed by atoms with E-state index in [1.165, 1.54) is 5.56 Å². The van der Waals surface area contributed by atoms with Crippen LogP contribution < -0.4 is 35.5 Å². The molecule has 14 heavy (non-hydrogen) atoms. The third-order valence-corrected chi connectivity index (χ3v) is 1.50. The summed E-state index contributed by atoms with van der Waals surface area (Å²) in [6.07, 6.45) is 0. The number of hydrogen-bond acceptors (Lipinski definition) is 0. The van der Waals surface area contributed by atoms with Gasteiger partial charge in [-0.2, -0.15) is 0 Å². The minimum atomic E-state index is 0. The van der Waals surface area contributed by atoms with Crippen LogP contribution in [0.2, 0.25) is 0 Å². The van der Waals surface area contributed by atoms with Gasteiger partial charge in [0.2, 0.25) is 0 Å². The molecule has 0 aliphatic rings. The molecule has 0 atom stereocenters. The number of nitrogens with zero attached hydrogens (tertiary/aromatic N) is 1. The molecule has 0 aromatic heterocycles. The monoisotopic (exact) mass is 282 g/mol. The first-order valence-corrected chi connectivity index (χ1v) is 3.92.